The Balaban J connectivity index is 2.08. The van der Waals surface area contributed by atoms with Crippen molar-refractivity contribution in [2.75, 3.05) is 0 Å². The second kappa shape index (κ2) is 5.14. The van der Waals surface area contributed by atoms with Crippen LogP contribution in [0.15, 0.2) is 41.5 Å². The molecule has 0 unspecified atom stereocenters. The van der Waals surface area contributed by atoms with Crippen LogP contribution in [0.1, 0.15) is 16.8 Å². The molecule has 0 fully saturated rings. The fourth-order valence-corrected chi connectivity index (χ4v) is 2.40. The lowest BCUT2D eigenvalue weighted by Gasteiger charge is -2.10. The monoisotopic (exact) mass is 286 g/mol. The fraction of sp³-hybridized carbons (Fsp3) is 0.200. The van der Waals surface area contributed by atoms with Crippen LogP contribution in [0.3, 0.4) is 0 Å². The largest absolute Gasteiger partial charge is 0.326 e. The lowest BCUT2D eigenvalue weighted by atomic mass is 10.1. The second-order valence-electron chi connectivity index (χ2n) is 4.96. The highest BCUT2D eigenvalue weighted by Gasteiger charge is 2.08. The molecule has 3 aromatic rings. The zero-order valence-electron chi connectivity index (χ0n) is 11.6. The molecule has 2 aromatic heterocycles. The average Bonchev–Trinajstić information content (AvgIpc) is 2.84. The van der Waals surface area contributed by atoms with Crippen molar-refractivity contribution in [2.45, 2.75) is 20.0 Å². The molecule has 21 heavy (non-hydrogen) atoms. The number of nitrogens with two attached hydrogens (primary N) is 1. The third kappa shape index (κ3) is 2.45. The van der Waals surface area contributed by atoms with E-state index >= 15 is 0 Å². The number of hydrogen-bond acceptors (Lipinski definition) is 3. The molecule has 0 atom stereocenters. The van der Waals surface area contributed by atoms with Gasteiger partial charge in [-0.2, -0.15) is 5.10 Å². The highest BCUT2D eigenvalue weighted by Crippen LogP contribution is 2.12. The molecule has 3 rings (SSSR count). The standard InChI is InChI=1S/C15H15FN4O/c1-10-6-14-15(21)19(4-5-20(14)18-10)9-12-7-13(16)3-2-11(12)8-17/h2-7H,8-9,17H2,1H3. The molecule has 0 aliphatic heterocycles. The van der Waals surface area contributed by atoms with Crippen molar-refractivity contribution < 1.29 is 4.39 Å². The minimum atomic E-state index is -0.337. The summed E-state index contributed by atoms with van der Waals surface area (Å²) in [5.41, 5.74) is 8.31. The topological polar surface area (TPSA) is 65.3 Å². The molecule has 0 saturated heterocycles. The number of hydrogen-bond donors (Lipinski definition) is 1. The summed E-state index contributed by atoms with van der Waals surface area (Å²) in [4.78, 5) is 12.4. The van der Waals surface area contributed by atoms with Gasteiger partial charge >= 0.3 is 0 Å². The third-order valence-electron chi connectivity index (χ3n) is 3.45. The summed E-state index contributed by atoms with van der Waals surface area (Å²) in [6, 6.07) is 6.17. The van der Waals surface area contributed by atoms with Crippen LogP contribution in [-0.4, -0.2) is 14.2 Å². The zero-order valence-corrected chi connectivity index (χ0v) is 11.6. The Bertz CT molecular complexity index is 866. The molecule has 6 heteroatoms. The first kappa shape index (κ1) is 13.5. The van der Waals surface area contributed by atoms with Crippen molar-refractivity contribution in [3.63, 3.8) is 0 Å². The molecule has 0 bridgehead atoms. The highest BCUT2D eigenvalue weighted by molar-refractivity contribution is 5.45. The molecular formula is C15H15FN4O. The summed E-state index contributed by atoms with van der Waals surface area (Å²) in [6.45, 7) is 2.41. The quantitative estimate of drug-likeness (QED) is 0.792. The number of aryl methyl sites for hydroxylation is 1. The van der Waals surface area contributed by atoms with Crippen molar-refractivity contribution >= 4 is 5.52 Å². The van der Waals surface area contributed by atoms with E-state index in [9.17, 15) is 9.18 Å². The van der Waals surface area contributed by atoms with Crippen LogP contribution >= 0.6 is 0 Å². The van der Waals surface area contributed by atoms with Crippen LogP contribution in [0, 0.1) is 12.7 Å². The summed E-state index contributed by atoms with van der Waals surface area (Å²) >= 11 is 0. The Morgan fingerprint density at radius 3 is 2.81 bits per heavy atom. The fourth-order valence-electron chi connectivity index (χ4n) is 2.40. The number of nitrogens with zero attached hydrogens (tertiary/aromatic N) is 3. The molecule has 0 saturated carbocycles. The van der Waals surface area contributed by atoms with E-state index in [4.69, 9.17) is 5.73 Å². The Labute approximate surface area is 120 Å². The van der Waals surface area contributed by atoms with Crippen molar-refractivity contribution in [1.29, 1.82) is 0 Å². The molecule has 0 radical (unpaired) electrons. The van der Waals surface area contributed by atoms with Gasteiger partial charge in [-0.1, -0.05) is 6.07 Å². The van der Waals surface area contributed by atoms with Gasteiger partial charge in [-0.05, 0) is 36.2 Å². The zero-order chi connectivity index (χ0) is 15.0. The molecular weight excluding hydrogens is 271 g/mol. The summed E-state index contributed by atoms with van der Waals surface area (Å²) in [7, 11) is 0. The first-order valence-electron chi connectivity index (χ1n) is 6.61. The van der Waals surface area contributed by atoms with E-state index in [1.165, 1.54) is 16.7 Å². The third-order valence-corrected chi connectivity index (χ3v) is 3.45. The number of halogens is 1. The van der Waals surface area contributed by atoms with E-state index in [2.05, 4.69) is 5.10 Å². The van der Waals surface area contributed by atoms with Gasteiger partial charge in [0.25, 0.3) is 5.56 Å². The molecule has 0 aliphatic carbocycles. The molecule has 5 nitrogen and oxygen atoms in total. The summed E-state index contributed by atoms with van der Waals surface area (Å²) in [5.74, 6) is -0.337. The van der Waals surface area contributed by atoms with E-state index < -0.39 is 0 Å². The molecule has 2 heterocycles. The van der Waals surface area contributed by atoms with Gasteiger partial charge in [0, 0.05) is 18.9 Å². The van der Waals surface area contributed by atoms with Crippen LogP contribution in [0.25, 0.3) is 5.52 Å². The maximum atomic E-state index is 13.4. The van der Waals surface area contributed by atoms with Crippen molar-refractivity contribution in [3.8, 4) is 0 Å². The Kier molecular flexibility index (Phi) is 3.31. The van der Waals surface area contributed by atoms with Gasteiger partial charge in [-0.3, -0.25) is 4.79 Å². The minimum absolute atomic E-state index is 0.162. The number of fused-ring (bicyclic) bond motifs is 1. The first-order valence-corrected chi connectivity index (χ1v) is 6.61. The number of benzene rings is 1. The van der Waals surface area contributed by atoms with Crippen LogP contribution in [-0.2, 0) is 13.1 Å². The van der Waals surface area contributed by atoms with Gasteiger partial charge < -0.3 is 10.3 Å². The summed E-state index contributed by atoms with van der Waals surface area (Å²) in [6.07, 6.45) is 3.36. The van der Waals surface area contributed by atoms with Crippen LogP contribution < -0.4 is 11.3 Å². The lowest BCUT2D eigenvalue weighted by Crippen LogP contribution is -2.22. The van der Waals surface area contributed by atoms with Gasteiger partial charge in [-0.15, -0.1) is 0 Å². The Morgan fingerprint density at radius 1 is 1.24 bits per heavy atom. The van der Waals surface area contributed by atoms with Gasteiger partial charge in [0.2, 0.25) is 0 Å². The predicted molar refractivity (Wildman–Crippen MR) is 77.6 cm³/mol. The number of rotatable bonds is 3. The highest BCUT2D eigenvalue weighted by atomic mass is 19.1. The van der Waals surface area contributed by atoms with E-state index in [0.717, 1.165) is 11.3 Å². The van der Waals surface area contributed by atoms with Crippen molar-refractivity contribution in [1.82, 2.24) is 14.2 Å². The van der Waals surface area contributed by atoms with Gasteiger partial charge in [-0.25, -0.2) is 8.91 Å². The summed E-state index contributed by atoms with van der Waals surface area (Å²) < 4.78 is 16.5. The van der Waals surface area contributed by atoms with Gasteiger partial charge in [0.1, 0.15) is 11.3 Å². The molecule has 0 aliphatic rings. The van der Waals surface area contributed by atoms with Gasteiger partial charge in [0.05, 0.1) is 12.2 Å². The van der Waals surface area contributed by atoms with Crippen molar-refractivity contribution in [2.24, 2.45) is 5.73 Å². The van der Waals surface area contributed by atoms with E-state index in [1.807, 2.05) is 6.92 Å². The average molecular weight is 286 g/mol. The SMILES string of the molecule is Cc1cc2c(=O)n(Cc3cc(F)ccc3CN)ccn2n1. The van der Waals surface area contributed by atoms with Crippen LogP contribution in [0.5, 0.6) is 0 Å². The smallest absolute Gasteiger partial charge is 0.276 e. The molecule has 1 aromatic carbocycles. The van der Waals surface area contributed by atoms with Gasteiger partial charge in [0.15, 0.2) is 0 Å². The van der Waals surface area contributed by atoms with E-state index in [-0.39, 0.29) is 17.9 Å². The lowest BCUT2D eigenvalue weighted by molar-refractivity contribution is 0.620. The summed E-state index contributed by atoms with van der Waals surface area (Å²) in [5, 5.41) is 4.19. The first-order chi connectivity index (χ1) is 10.1. The van der Waals surface area contributed by atoms with Crippen LogP contribution in [0.2, 0.25) is 0 Å². The van der Waals surface area contributed by atoms with Crippen molar-refractivity contribution in [3.05, 3.63) is 69.7 Å². The molecule has 2 N–H and O–H groups in total. The Hall–Kier alpha value is -2.47. The predicted octanol–water partition coefficient (Wildman–Crippen LogP) is 1.45. The Morgan fingerprint density at radius 2 is 2.05 bits per heavy atom. The normalized spacial score (nSPS) is 11.2. The van der Waals surface area contributed by atoms with E-state index in [0.29, 0.717) is 17.6 Å². The molecule has 0 amide bonds. The number of aromatic nitrogens is 3. The molecule has 0 spiro atoms. The van der Waals surface area contributed by atoms with E-state index in [1.54, 1.807) is 29.0 Å². The maximum Gasteiger partial charge on any atom is 0.276 e. The maximum absolute atomic E-state index is 13.4. The molecule has 108 valence electrons. The minimum Gasteiger partial charge on any atom is -0.326 e. The van der Waals surface area contributed by atoms with Crippen LogP contribution in [0.4, 0.5) is 4.39 Å². The second-order valence-corrected chi connectivity index (χ2v) is 4.96.